The first-order valence-corrected chi connectivity index (χ1v) is 15.8. The van der Waals surface area contributed by atoms with Gasteiger partial charge < -0.3 is 0 Å². The fourth-order valence-corrected chi connectivity index (χ4v) is 6.81. The molecule has 0 aliphatic heterocycles. The molecule has 0 amide bonds. The van der Waals surface area contributed by atoms with Gasteiger partial charge in [-0.3, -0.25) is 19.2 Å². The lowest BCUT2D eigenvalue weighted by atomic mass is 9.70. The van der Waals surface area contributed by atoms with Gasteiger partial charge in [0.1, 0.15) is 17.3 Å². The fourth-order valence-electron chi connectivity index (χ4n) is 6.81. The average Bonchev–Trinajstić information content (AvgIpc) is 2.86. The largest absolute Gasteiger partial charge is 0.300 e. The number of aryl methyl sites for hydroxylation is 1. The van der Waals surface area contributed by atoms with Crippen LogP contribution >= 0.6 is 0 Å². The summed E-state index contributed by atoms with van der Waals surface area (Å²) in [7, 11) is 0. The van der Waals surface area contributed by atoms with Gasteiger partial charge in [0.05, 0.1) is 6.42 Å². The molecule has 218 valence electrons. The summed E-state index contributed by atoms with van der Waals surface area (Å²) in [6, 6.07) is 2.27. The van der Waals surface area contributed by atoms with Crippen molar-refractivity contribution in [3.8, 4) is 0 Å². The molecule has 1 aromatic carbocycles. The summed E-state index contributed by atoms with van der Waals surface area (Å²) < 4.78 is 0. The van der Waals surface area contributed by atoms with Crippen LogP contribution in [0.1, 0.15) is 157 Å². The van der Waals surface area contributed by atoms with E-state index < -0.39 is 0 Å². The highest BCUT2D eigenvalue weighted by Crippen LogP contribution is 2.40. The number of fused-ring (bicyclic) bond motifs is 1. The highest BCUT2D eigenvalue weighted by atomic mass is 16.1. The first kappa shape index (κ1) is 33.1. The number of unbranched alkanes of at least 4 members (excludes halogenated alkanes) is 3. The van der Waals surface area contributed by atoms with Gasteiger partial charge in [-0.05, 0) is 86.0 Å². The third kappa shape index (κ3) is 9.50. The zero-order valence-electron chi connectivity index (χ0n) is 25.9. The molecule has 39 heavy (non-hydrogen) atoms. The van der Waals surface area contributed by atoms with Crippen molar-refractivity contribution in [1.29, 1.82) is 0 Å². The first-order chi connectivity index (χ1) is 18.5. The minimum Gasteiger partial charge on any atom is -0.300 e. The molecule has 0 bridgehead atoms. The molecule has 2 rings (SSSR count). The van der Waals surface area contributed by atoms with Crippen LogP contribution in [0.2, 0.25) is 0 Å². The predicted molar refractivity (Wildman–Crippen MR) is 161 cm³/mol. The van der Waals surface area contributed by atoms with Gasteiger partial charge in [0.25, 0.3) is 0 Å². The molecule has 0 N–H and O–H groups in total. The standard InChI is InChI=1S/C35H54O4/c1-8-11-12-13-15-29(37)17-16-27-22-31(23(4)5)32-20-26(21-34(39)35(32)25(27)7)19-28(14-9-2)30(10-3)33(38)18-24(6)36/h22-23,26,28,30H,8-21H2,1-7H3. The quantitative estimate of drug-likeness (QED) is 0.138. The van der Waals surface area contributed by atoms with Crippen molar-refractivity contribution in [2.24, 2.45) is 17.8 Å². The van der Waals surface area contributed by atoms with E-state index in [2.05, 4.69) is 40.7 Å². The van der Waals surface area contributed by atoms with Crippen LogP contribution in [-0.4, -0.2) is 23.1 Å². The predicted octanol–water partition coefficient (Wildman–Crippen LogP) is 8.72. The number of carbonyl (C=O) groups is 4. The Kier molecular flexibility index (Phi) is 13.8. The van der Waals surface area contributed by atoms with Crippen LogP contribution in [0.3, 0.4) is 0 Å². The van der Waals surface area contributed by atoms with E-state index in [1.165, 1.54) is 30.9 Å². The molecule has 4 heteroatoms. The third-order valence-corrected chi connectivity index (χ3v) is 8.83. The molecular weight excluding hydrogens is 484 g/mol. The molecule has 0 aromatic heterocycles. The van der Waals surface area contributed by atoms with Gasteiger partial charge in [-0.25, -0.2) is 0 Å². The number of hydrogen-bond acceptors (Lipinski definition) is 4. The number of Topliss-reactive ketones (excluding diaryl/α,β-unsaturated/α-hetero) is 4. The van der Waals surface area contributed by atoms with Crippen molar-refractivity contribution < 1.29 is 19.2 Å². The van der Waals surface area contributed by atoms with E-state index in [1.807, 2.05) is 6.92 Å². The zero-order valence-corrected chi connectivity index (χ0v) is 25.9. The van der Waals surface area contributed by atoms with Gasteiger partial charge in [0, 0.05) is 30.7 Å². The van der Waals surface area contributed by atoms with Crippen molar-refractivity contribution in [1.82, 2.24) is 0 Å². The first-order valence-electron chi connectivity index (χ1n) is 15.8. The van der Waals surface area contributed by atoms with Gasteiger partial charge in [-0.2, -0.15) is 0 Å². The monoisotopic (exact) mass is 538 g/mol. The maximum atomic E-state index is 13.7. The van der Waals surface area contributed by atoms with Gasteiger partial charge in [-0.1, -0.05) is 72.8 Å². The summed E-state index contributed by atoms with van der Waals surface area (Å²) in [5.41, 5.74) is 5.54. The van der Waals surface area contributed by atoms with Crippen molar-refractivity contribution in [3.63, 3.8) is 0 Å². The van der Waals surface area contributed by atoms with Crippen molar-refractivity contribution >= 4 is 23.1 Å². The van der Waals surface area contributed by atoms with Crippen LogP contribution in [0.15, 0.2) is 6.07 Å². The van der Waals surface area contributed by atoms with E-state index in [9.17, 15) is 19.2 Å². The molecule has 3 atom stereocenters. The normalized spacial score (nSPS) is 16.7. The molecule has 1 aliphatic rings. The Labute approximate surface area is 238 Å². The topological polar surface area (TPSA) is 68.3 Å². The molecule has 0 fully saturated rings. The Balaban J connectivity index is 2.26. The van der Waals surface area contributed by atoms with Crippen LogP contribution in [0.5, 0.6) is 0 Å². The molecule has 1 aromatic rings. The van der Waals surface area contributed by atoms with Crippen LogP contribution in [0.4, 0.5) is 0 Å². The lowest BCUT2D eigenvalue weighted by Gasteiger charge is -2.33. The highest BCUT2D eigenvalue weighted by molar-refractivity contribution is 6.01. The Hall–Kier alpha value is -2.10. The van der Waals surface area contributed by atoms with Crippen LogP contribution in [-0.2, 0) is 27.2 Å². The summed E-state index contributed by atoms with van der Waals surface area (Å²) in [6.07, 6.45) is 11.3. The van der Waals surface area contributed by atoms with E-state index in [0.717, 1.165) is 61.6 Å². The summed E-state index contributed by atoms with van der Waals surface area (Å²) in [4.78, 5) is 50.8. The van der Waals surface area contributed by atoms with Gasteiger partial charge in [0.2, 0.25) is 0 Å². The Morgan fingerprint density at radius 2 is 1.69 bits per heavy atom. The lowest BCUT2D eigenvalue weighted by Crippen LogP contribution is -2.30. The maximum Gasteiger partial charge on any atom is 0.163 e. The molecule has 3 unspecified atom stereocenters. The summed E-state index contributed by atoms with van der Waals surface area (Å²) in [5.74, 6) is 1.14. The summed E-state index contributed by atoms with van der Waals surface area (Å²) in [6.45, 7) is 14.3. The Morgan fingerprint density at radius 3 is 2.28 bits per heavy atom. The SMILES string of the molecule is CCCCCCC(=O)CCc1cc(C(C)C)c2c(c1C)C(=O)CC(CC(CCC)C(CC)C(=O)CC(C)=O)C2. The zero-order chi connectivity index (χ0) is 29.1. The van der Waals surface area contributed by atoms with E-state index in [1.54, 1.807) is 0 Å². The van der Waals surface area contributed by atoms with Crippen LogP contribution in [0.25, 0.3) is 0 Å². The van der Waals surface area contributed by atoms with E-state index in [0.29, 0.717) is 37.4 Å². The van der Waals surface area contributed by atoms with Gasteiger partial charge in [-0.15, -0.1) is 0 Å². The summed E-state index contributed by atoms with van der Waals surface area (Å²) >= 11 is 0. The van der Waals surface area contributed by atoms with E-state index >= 15 is 0 Å². The average molecular weight is 539 g/mol. The molecule has 0 spiro atoms. The second kappa shape index (κ2) is 16.2. The number of ketones is 4. The second-order valence-electron chi connectivity index (χ2n) is 12.4. The maximum absolute atomic E-state index is 13.7. The van der Waals surface area contributed by atoms with Crippen molar-refractivity contribution in [2.75, 3.05) is 0 Å². The molecule has 0 saturated heterocycles. The Morgan fingerprint density at radius 1 is 0.974 bits per heavy atom. The molecular formula is C35H54O4. The Bertz CT molecular complexity index is 1000. The fraction of sp³-hybridized carbons (Fsp3) is 0.714. The number of rotatable bonds is 18. The van der Waals surface area contributed by atoms with Crippen LogP contribution < -0.4 is 0 Å². The van der Waals surface area contributed by atoms with Gasteiger partial charge >= 0.3 is 0 Å². The smallest absolute Gasteiger partial charge is 0.163 e. The van der Waals surface area contributed by atoms with E-state index in [4.69, 9.17) is 0 Å². The molecule has 0 heterocycles. The van der Waals surface area contributed by atoms with Crippen LogP contribution in [0, 0.1) is 24.7 Å². The second-order valence-corrected chi connectivity index (χ2v) is 12.4. The molecule has 0 saturated carbocycles. The number of carbonyl (C=O) groups excluding carboxylic acids is 4. The van der Waals surface area contributed by atoms with Crippen molar-refractivity contribution in [2.45, 2.75) is 144 Å². The minimum absolute atomic E-state index is 0.0197. The van der Waals surface area contributed by atoms with Gasteiger partial charge in [0.15, 0.2) is 5.78 Å². The highest BCUT2D eigenvalue weighted by Gasteiger charge is 2.34. The third-order valence-electron chi connectivity index (χ3n) is 8.83. The van der Waals surface area contributed by atoms with Crippen molar-refractivity contribution in [3.05, 3.63) is 33.9 Å². The molecule has 0 radical (unpaired) electrons. The summed E-state index contributed by atoms with van der Waals surface area (Å²) in [5, 5.41) is 0. The van der Waals surface area contributed by atoms with E-state index in [-0.39, 0.29) is 41.5 Å². The minimum atomic E-state index is -0.112. The lowest BCUT2D eigenvalue weighted by molar-refractivity contribution is -0.130. The molecule has 4 nitrogen and oxygen atoms in total. The number of hydrogen-bond donors (Lipinski definition) is 0. The number of benzene rings is 1. The molecule has 1 aliphatic carbocycles.